The van der Waals surface area contributed by atoms with Crippen LogP contribution in [0.3, 0.4) is 0 Å². The molecule has 0 bridgehead atoms. The van der Waals surface area contributed by atoms with Crippen molar-refractivity contribution in [3.8, 4) is 0 Å². The third-order valence-corrected chi connectivity index (χ3v) is 8.88. The van der Waals surface area contributed by atoms with E-state index in [1.807, 2.05) is 13.8 Å². The van der Waals surface area contributed by atoms with E-state index in [4.69, 9.17) is 0 Å². The van der Waals surface area contributed by atoms with Crippen LogP contribution in [0.15, 0.2) is 24.7 Å². The average Bonchev–Trinajstić information content (AvgIpc) is 3.63. The van der Waals surface area contributed by atoms with Crippen LogP contribution in [0.5, 0.6) is 0 Å². The molecule has 8 nitrogen and oxygen atoms in total. The quantitative estimate of drug-likeness (QED) is 0.426. The van der Waals surface area contributed by atoms with Crippen LogP contribution in [0, 0.1) is 11.6 Å². The van der Waals surface area contributed by atoms with Crippen LogP contribution in [0.2, 0.25) is 0 Å². The molecule has 3 heterocycles. The highest BCUT2D eigenvalue weighted by atomic mass is 19.1. The molecule has 1 unspecified atom stereocenters. The maximum atomic E-state index is 14.4. The first-order chi connectivity index (χ1) is 18.8. The Morgan fingerprint density at radius 1 is 1.18 bits per heavy atom. The maximum Gasteiger partial charge on any atom is 0.242 e. The molecule has 3 atom stereocenters. The number of nitrogens with zero attached hydrogens (tertiary/aromatic N) is 3. The zero-order valence-corrected chi connectivity index (χ0v) is 22.9. The number of fused-ring (bicyclic) bond motifs is 2. The second kappa shape index (κ2) is 11.7. The van der Waals surface area contributed by atoms with Crippen LogP contribution < -0.4 is 16.0 Å². The summed E-state index contributed by atoms with van der Waals surface area (Å²) in [4.78, 5) is 32.9. The largest absolute Gasteiger partial charge is 0.352 e. The highest BCUT2D eigenvalue weighted by molar-refractivity contribution is 5.94. The van der Waals surface area contributed by atoms with Crippen molar-refractivity contribution in [3.05, 3.63) is 47.4 Å². The van der Waals surface area contributed by atoms with Gasteiger partial charge in [0.1, 0.15) is 17.7 Å². The van der Waals surface area contributed by atoms with Crippen molar-refractivity contribution in [2.75, 3.05) is 25.0 Å². The summed E-state index contributed by atoms with van der Waals surface area (Å²) in [6.45, 7) is 6.74. The fraction of sp³-hybridized carbons (Fsp3) is 0.621. The molecule has 1 aromatic heterocycles. The van der Waals surface area contributed by atoms with E-state index < -0.39 is 23.7 Å². The van der Waals surface area contributed by atoms with Crippen molar-refractivity contribution in [2.24, 2.45) is 0 Å². The normalized spacial score (nSPS) is 21.7. The molecule has 39 heavy (non-hydrogen) atoms. The van der Waals surface area contributed by atoms with Crippen molar-refractivity contribution in [3.63, 3.8) is 0 Å². The molecule has 10 heteroatoms. The number of aryl methyl sites for hydroxylation is 1. The first-order valence-electron chi connectivity index (χ1n) is 14.4. The summed E-state index contributed by atoms with van der Waals surface area (Å²) < 4.78 is 29.7. The Bertz CT molecular complexity index is 1190. The minimum absolute atomic E-state index is 0.0615. The molecule has 0 saturated carbocycles. The highest BCUT2D eigenvalue weighted by Crippen LogP contribution is 2.38. The molecule has 2 aliphatic heterocycles. The molecular formula is C29H40F2N6O2. The molecule has 3 N–H and O–H groups in total. The summed E-state index contributed by atoms with van der Waals surface area (Å²) in [6.07, 6.45) is 11.0. The van der Waals surface area contributed by atoms with Gasteiger partial charge in [-0.15, -0.1) is 0 Å². The van der Waals surface area contributed by atoms with E-state index in [2.05, 4.69) is 25.8 Å². The number of amides is 2. The van der Waals surface area contributed by atoms with E-state index in [0.29, 0.717) is 49.2 Å². The molecule has 3 aliphatic rings. The van der Waals surface area contributed by atoms with Gasteiger partial charge in [-0.2, -0.15) is 0 Å². The maximum absolute atomic E-state index is 14.4. The molecule has 2 aromatic rings. The van der Waals surface area contributed by atoms with E-state index in [1.165, 1.54) is 18.9 Å². The molecule has 1 aromatic carbocycles. The van der Waals surface area contributed by atoms with Crippen LogP contribution in [0.25, 0.3) is 0 Å². The molecule has 0 radical (unpaired) electrons. The lowest BCUT2D eigenvalue weighted by molar-refractivity contribution is -0.124. The van der Waals surface area contributed by atoms with Crippen molar-refractivity contribution in [2.45, 2.75) is 95.3 Å². The van der Waals surface area contributed by atoms with Gasteiger partial charge in [-0.05, 0) is 88.6 Å². The third kappa shape index (κ3) is 6.01. The summed E-state index contributed by atoms with van der Waals surface area (Å²) >= 11 is 0. The van der Waals surface area contributed by atoms with Gasteiger partial charge in [-0.25, -0.2) is 13.8 Å². The summed E-state index contributed by atoms with van der Waals surface area (Å²) in [7, 11) is 0. The van der Waals surface area contributed by atoms with Crippen molar-refractivity contribution in [1.82, 2.24) is 25.1 Å². The van der Waals surface area contributed by atoms with Gasteiger partial charge in [0.2, 0.25) is 11.8 Å². The van der Waals surface area contributed by atoms with Gasteiger partial charge in [0.25, 0.3) is 0 Å². The third-order valence-electron chi connectivity index (χ3n) is 8.88. The number of benzene rings is 1. The first kappa shape index (κ1) is 27.7. The number of imidazole rings is 1. The van der Waals surface area contributed by atoms with Crippen LogP contribution in [-0.4, -0.2) is 63.5 Å². The number of halogens is 2. The average molecular weight is 543 g/mol. The van der Waals surface area contributed by atoms with E-state index in [1.54, 1.807) is 17.1 Å². The van der Waals surface area contributed by atoms with Gasteiger partial charge in [0.15, 0.2) is 5.82 Å². The summed E-state index contributed by atoms with van der Waals surface area (Å²) in [5, 5.41) is 9.43. The Balaban J connectivity index is 1.16. The fourth-order valence-corrected chi connectivity index (χ4v) is 6.67. The second-order valence-electron chi connectivity index (χ2n) is 11.5. The van der Waals surface area contributed by atoms with Gasteiger partial charge in [-0.1, -0.05) is 13.3 Å². The Kier molecular flexibility index (Phi) is 8.32. The Labute approximate surface area is 228 Å². The topological polar surface area (TPSA) is 91.3 Å². The van der Waals surface area contributed by atoms with E-state index in [-0.39, 0.29) is 23.4 Å². The van der Waals surface area contributed by atoms with Gasteiger partial charge in [0.05, 0.1) is 12.4 Å². The number of hydrogen-bond acceptors (Lipinski definition) is 5. The van der Waals surface area contributed by atoms with Crippen molar-refractivity contribution in [1.29, 1.82) is 0 Å². The summed E-state index contributed by atoms with van der Waals surface area (Å²) in [5.41, 5.74) is 1.34. The molecule has 2 amide bonds. The molecule has 212 valence electrons. The van der Waals surface area contributed by atoms with Gasteiger partial charge in [0, 0.05) is 30.4 Å². The van der Waals surface area contributed by atoms with Crippen molar-refractivity contribution >= 4 is 17.6 Å². The van der Waals surface area contributed by atoms with Crippen LogP contribution in [0.4, 0.5) is 14.6 Å². The smallest absolute Gasteiger partial charge is 0.242 e. The van der Waals surface area contributed by atoms with Crippen LogP contribution >= 0.6 is 0 Å². The lowest BCUT2D eigenvalue weighted by Gasteiger charge is -2.32. The zero-order valence-electron chi connectivity index (χ0n) is 22.9. The Morgan fingerprint density at radius 3 is 2.69 bits per heavy atom. The number of rotatable bonds is 10. The van der Waals surface area contributed by atoms with Crippen LogP contribution in [-0.2, 0) is 22.4 Å². The minimum atomic E-state index is -0.555. The van der Waals surface area contributed by atoms with E-state index >= 15 is 0 Å². The monoisotopic (exact) mass is 542 g/mol. The van der Waals surface area contributed by atoms with Gasteiger partial charge >= 0.3 is 0 Å². The van der Waals surface area contributed by atoms with Crippen molar-refractivity contribution < 1.29 is 18.4 Å². The van der Waals surface area contributed by atoms with E-state index in [9.17, 15) is 18.4 Å². The molecule has 5 rings (SSSR count). The number of anilines is 1. The molecule has 2 fully saturated rings. The Hall–Kier alpha value is -2.85. The summed E-state index contributed by atoms with van der Waals surface area (Å²) in [5.74, 6) is -0.976. The number of carbonyl (C=O) groups is 2. The number of aromatic nitrogens is 2. The minimum Gasteiger partial charge on any atom is -0.352 e. The second-order valence-corrected chi connectivity index (χ2v) is 11.5. The lowest BCUT2D eigenvalue weighted by Crippen LogP contribution is -2.49. The predicted molar refractivity (Wildman–Crippen MR) is 145 cm³/mol. The van der Waals surface area contributed by atoms with Crippen LogP contribution in [0.1, 0.15) is 76.0 Å². The molecule has 0 spiro atoms. The van der Waals surface area contributed by atoms with Gasteiger partial charge < -0.3 is 20.5 Å². The first-order valence-corrected chi connectivity index (χ1v) is 14.4. The number of nitrogens with one attached hydrogen (secondary N) is 3. The molecular weight excluding hydrogens is 502 g/mol. The zero-order chi connectivity index (χ0) is 27.6. The number of carbonyl (C=O) groups excluding carboxylic acids is 2. The standard InChI is InChI=1S/C29H40F2N6O2/c1-3-6-25(34-22-8-7-20-13-21(30)14-24(31)23(20)15-22)28(39)35-26-16-36(18-33-26)19(2)27(38)32-17-29-9-4-11-37(29)12-5-10-29/h13-14,16,18-19,22,25,34H,3-12,15,17H2,1-2H3,(H,32,38)(H,35,39)/t19?,22-,25-/m0/s1. The van der Waals surface area contributed by atoms with E-state index in [0.717, 1.165) is 38.4 Å². The predicted octanol–water partition coefficient (Wildman–Crippen LogP) is 3.72. The number of hydrogen-bond donors (Lipinski definition) is 3. The molecule has 1 aliphatic carbocycles. The summed E-state index contributed by atoms with van der Waals surface area (Å²) in [6, 6.07) is 1.31. The Morgan fingerprint density at radius 2 is 1.95 bits per heavy atom. The SMILES string of the molecule is CCC[C@H](N[C@H]1CCc2cc(F)cc(F)c2C1)C(=O)Nc1cn(C(C)C(=O)NCC23CCCN2CCC3)cn1. The van der Waals surface area contributed by atoms with Gasteiger partial charge in [-0.3, -0.25) is 14.5 Å². The lowest BCUT2D eigenvalue weighted by atomic mass is 9.87. The molecule has 2 saturated heterocycles. The highest BCUT2D eigenvalue weighted by Gasteiger charge is 2.44. The fourth-order valence-electron chi connectivity index (χ4n) is 6.67.